The number of aryl methyl sites for hydroxylation is 1. The van der Waals surface area contributed by atoms with Crippen molar-refractivity contribution >= 4 is 33.4 Å². The van der Waals surface area contributed by atoms with Crippen LogP contribution in [0.1, 0.15) is 11.1 Å². The van der Waals surface area contributed by atoms with E-state index in [1.165, 1.54) is 18.4 Å². The summed E-state index contributed by atoms with van der Waals surface area (Å²) in [6.45, 7) is 2.03. The van der Waals surface area contributed by atoms with Gasteiger partial charge in [0.25, 0.3) is 5.91 Å². The van der Waals surface area contributed by atoms with E-state index >= 15 is 0 Å². The van der Waals surface area contributed by atoms with Crippen molar-refractivity contribution < 1.29 is 28.5 Å². The van der Waals surface area contributed by atoms with Crippen LogP contribution in [0.3, 0.4) is 0 Å². The molecule has 4 rings (SSSR count). The SMILES string of the molecule is COC(=O)Cn1c(=NC(=O)Cc2cc(C)ccc2OC)sc2cc3c(cc21)OCO3. The van der Waals surface area contributed by atoms with Crippen LogP contribution in [0.4, 0.5) is 0 Å². The molecule has 0 spiro atoms. The highest BCUT2D eigenvalue weighted by Crippen LogP contribution is 2.37. The number of ether oxygens (including phenoxy) is 4. The van der Waals surface area contributed by atoms with E-state index in [2.05, 4.69) is 4.99 Å². The number of methoxy groups -OCH3 is 2. The van der Waals surface area contributed by atoms with Crippen molar-refractivity contribution in [3.8, 4) is 17.2 Å². The van der Waals surface area contributed by atoms with E-state index in [0.29, 0.717) is 27.6 Å². The molecule has 2 heterocycles. The van der Waals surface area contributed by atoms with Gasteiger partial charge in [-0.1, -0.05) is 29.0 Å². The second-order valence-corrected chi connectivity index (χ2v) is 7.73. The van der Waals surface area contributed by atoms with Crippen LogP contribution in [-0.4, -0.2) is 37.5 Å². The van der Waals surface area contributed by atoms with Crippen LogP contribution in [0.2, 0.25) is 0 Å². The third kappa shape index (κ3) is 3.88. The largest absolute Gasteiger partial charge is 0.496 e. The molecule has 9 heteroatoms. The van der Waals surface area contributed by atoms with Gasteiger partial charge in [0.2, 0.25) is 6.79 Å². The van der Waals surface area contributed by atoms with Crippen LogP contribution in [0.25, 0.3) is 10.2 Å². The van der Waals surface area contributed by atoms with Gasteiger partial charge in [-0.15, -0.1) is 0 Å². The van der Waals surface area contributed by atoms with Gasteiger partial charge in [-0.25, -0.2) is 0 Å². The van der Waals surface area contributed by atoms with Gasteiger partial charge >= 0.3 is 5.97 Å². The Morgan fingerprint density at radius 2 is 1.93 bits per heavy atom. The van der Waals surface area contributed by atoms with Crippen molar-refractivity contribution in [1.82, 2.24) is 4.57 Å². The molecule has 0 fully saturated rings. The summed E-state index contributed by atoms with van der Waals surface area (Å²) in [7, 11) is 2.88. The topological polar surface area (TPSA) is 88.4 Å². The first-order valence-corrected chi connectivity index (χ1v) is 10.0. The van der Waals surface area contributed by atoms with Gasteiger partial charge in [0.1, 0.15) is 12.3 Å². The minimum absolute atomic E-state index is 0.0734. The van der Waals surface area contributed by atoms with Crippen molar-refractivity contribution in [2.45, 2.75) is 19.9 Å². The second-order valence-electron chi connectivity index (χ2n) is 6.72. The van der Waals surface area contributed by atoms with E-state index in [1.54, 1.807) is 17.7 Å². The molecule has 0 atom stereocenters. The lowest BCUT2D eigenvalue weighted by Crippen LogP contribution is -2.22. The molecule has 0 radical (unpaired) electrons. The van der Waals surface area contributed by atoms with E-state index in [-0.39, 0.29) is 25.7 Å². The van der Waals surface area contributed by atoms with Crippen molar-refractivity contribution in [3.63, 3.8) is 0 Å². The predicted molar refractivity (Wildman–Crippen MR) is 110 cm³/mol. The monoisotopic (exact) mass is 428 g/mol. The number of amides is 1. The fourth-order valence-corrected chi connectivity index (χ4v) is 4.30. The first-order chi connectivity index (χ1) is 14.5. The van der Waals surface area contributed by atoms with Gasteiger partial charge in [-0.3, -0.25) is 9.59 Å². The van der Waals surface area contributed by atoms with E-state index in [0.717, 1.165) is 15.8 Å². The Kier molecular flexibility index (Phi) is 5.45. The lowest BCUT2D eigenvalue weighted by atomic mass is 10.1. The van der Waals surface area contributed by atoms with Crippen molar-refractivity contribution in [1.29, 1.82) is 0 Å². The Bertz CT molecular complexity index is 1210. The Morgan fingerprint density at radius 3 is 2.67 bits per heavy atom. The summed E-state index contributed by atoms with van der Waals surface area (Å²) in [6, 6.07) is 9.26. The van der Waals surface area contributed by atoms with E-state index in [9.17, 15) is 9.59 Å². The first-order valence-electron chi connectivity index (χ1n) is 9.19. The zero-order valence-corrected chi connectivity index (χ0v) is 17.6. The number of hydrogen-bond acceptors (Lipinski definition) is 7. The van der Waals surface area contributed by atoms with Gasteiger partial charge in [0, 0.05) is 17.7 Å². The molecule has 1 aliphatic rings. The smallest absolute Gasteiger partial charge is 0.325 e. The molecule has 3 aromatic rings. The number of thiazole rings is 1. The third-order valence-corrected chi connectivity index (χ3v) is 5.73. The molecule has 0 aliphatic carbocycles. The highest BCUT2D eigenvalue weighted by molar-refractivity contribution is 7.16. The minimum Gasteiger partial charge on any atom is -0.496 e. The average Bonchev–Trinajstić information content (AvgIpc) is 3.30. The Morgan fingerprint density at radius 1 is 1.17 bits per heavy atom. The summed E-state index contributed by atoms with van der Waals surface area (Å²) in [5.41, 5.74) is 2.50. The fourth-order valence-electron chi connectivity index (χ4n) is 3.25. The molecule has 0 saturated carbocycles. The summed E-state index contributed by atoms with van der Waals surface area (Å²) in [6.07, 6.45) is 0.0834. The zero-order chi connectivity index (χ0) is 21.3. The highest BCUT2D eigenvalue weighted by atomic mass is 32.1. The van der Waals surface area contributed by atoms with Crippen molar-refractivity contribution in [2.75, 3.05) is 21.0 Å². The summed E-state index contributed by atoms with van der Waals surface area (Å²) in [5.74, 6) is 1.05. The van der Waals surface area contributed by atoms with Crippen LogP contribution in [0, 0.1) is 6.92 Å². The first kappa shape index (κ1) is 20.0. The van der Waals surface area contributed by atoms with Gasteiger partial charge in [-0.05, 0) is 13.0 Å². The van der Waals surface area contributed by atoms with Crippen molar-refractivity contribution in [3.05, 3.63) is 46.3 Å². The van der Waals surface area contributed by atoms with Gasteiger partial charge in [-0.2, -0.15) is 4.99 Å². The maximum absolute atomic E-state index is 12.8. The number of carbonyl (C=O) groups excluding carboxylic acids is 2. The number of carbonyl (C=O) groups is 2. The molecule has 0 saturated heterocycles. The molecular formula is C21H20N2O6S. The molecule has 0 bridgehead atoms. The quantitative estimate of drug-likeness (QED) is 0.581. The van der Waals surface area contributed by atoms with Gasteiger partial charge in [0.05, 0.1) is 30.9 Å². The standard InChI is InChI=1S/C21H20N2O6S/c1-12-4-5-15(26-2)13(6-12)7-19(24)22-21-23(10-20(25)27-3)14-8-16-17(29-11-28-16)9-18(14)30-21/h4-6,8-9H,7,10-11H2,1-3H3. The molecule has 0 N–H and O–H groups in total. The molecule has 1 aliphatic heterocycles. The number of fused-ring (bicyclic) bond motifs is 2. The van der Waals surface area contributed by atoms with Crippen molar-refractivity contribution in [2.24, 2.45) is 4.99 Å². The summed E-state index contributed by atoms with van der Waals surface area (Å²) >= 11 is 1.30. The number of benzene rings is 2. The molecular weight excluding hydrogens is 408 g/mol. The second kappa shape index (κ2) is 8.19. The lowest BCUT2D eigenvalue weighted by Gasteiger charge is -2.07. The molecule has 8 nitrogen and oxygen atoms in total. The number of esters is 1. The molecule has 1 amide bonds. The summed E-state index contributed by atoms with van der Waals surface area (Å²) in [4.78, 5) is 29.4. The maximum atomic E-state index is 12.8. The number of hydrogen-bond donors (Lipinski definition) is 0. The lowest BCUT2D eigenvalue weighted by molar-refractivity contribution is -0.141. The Balaban J connectivity index is 1.76. The summed E-state index contributed by atoms with van der Waals surface area (Å²) in [5, 5.41) is 0. The van der Waals surface area contributed by atoms with E-state index in [1.807, 2.05) is 31.2 Å². The Labute approximate surface area is 176 Å². The van der Waals surface area contributed by atoms with Crippen LogP contribution in [0.5, 0.6) is 17.2 Å². The summed E-state index contributed by atoms with van der Waals surface area (Å²) < 4.78 is 23.5. The number of nitrogens with zero attached hydrogens (tertiary/aromatic N) is 2. The average molecular weight is 428 g/mol. The zero-order valence-electron chi connectivity index (χ0n) is 16.8. The van der Waals surface area contributed by atoms with Gasteiger partial charge < -0.3 is 23.5 Å². The minimum atomic E-state index is -0.443. The third-order valence-electron chi connectivity index (χ3n) is 4.69. The van der Waals surface area contributed by atoms with Crippen LogP contribution < -0.4 is 19.0 Å². The maximum Gasteiger partial charge on any atom is 0.325 e. The highest BCUT2D eigenvalue weighted by Gasteiger charge is 2.19. The molecule has 156 valence electrons. The van der Waals surface area contributed by atoms with Crippen LogP contribution >= 0.6 is 11.3 Å². The van der Waals surface area contributed by atoms with Crippen LogP contribution in [-0.2, 0) is 27.3 Å². The normalized spacial score (nSPS) is 13.0. The Hall–Kier alpha value is -3.33. The molecule has 30 heavy (non-hydrogen) atoms. The van der Waals surface area contributed by atoms with E-state index in [4.69, 9.17) is 18.9 Å². The molecule has 1 aromatic heterocycles. The number of aromatic nitrogens is 1. The molecule has 2 aromatic carbocycles. The van der Waals surface area contributed by atoms with Crippen LogP contribution in [0.15, 0.2) is 35.3 Å². The number of rotatable bonds is 5. The van der Waals surface area contributed by atoms with Gasteiger partial charge in [0.15, 0.2) is 16.3 Å². The predicted octanol–water partition coefficient (Wildman–Crippen LogP) is 2.59. The fraction of sp³-hybridized carbons (Fsp3) is 0.286. The molecule has 0 unspecified atom stereocenters. The van der Waals surface area contributed by atoms with E-state index < -0.39 is 5.97 Å².